The summed E-state index contributed by atoms with van der Waals surface area (Å²) in [6.07, 6.45) is -34.5. The second-order valence-corrected chi connectivity index (χ2v) is 29.1. The molecule has 5 saturated heterocycles. The fraction of sp³-hybridized carbons (Fsp3) is 0.521. The van der Waals surface area contributed by atoms with Crippen LogP contribution in [0.25, 0.3) is 33.5 Å². The highest BCUT2D eigenvalue weighted by atomic mass is 31.2. The molecule has 0 amide bonds. The van der Waals surface area contributed by atoms with E-state index in [0.29, 0.717) is 9.13 Å². The normalized spacial score (nSPS) is 32.3. The molecule has 8 aromatic heterocycles. The Morgan fingerprint density at radius 3 is 1.14 bits per heavy atom. The van der Waals surface area contributed by atoms with E-state index in [1.54, 1.807) is 0 Å². The van der Waals surface area contributed by atoms with E-state index < -0.39 is 232 Å². The quantitative estimate of drug-likeness (QED) is 0.0224. The van der Waals surface area contributed by atoms with E-state index in [1.807, 2.05) is 9.97 Å². The first-order valence-electron chi connectivity index (χ1n) is 30.2. The van der Waals surface area contributed by atoms with Crippen LogP contribution in [-0.2, 0) is 78.1 Å². The standard InChI is InChI=1S/C48H59N19O34P4/c49-34-21-35(53-10-52-34)65(11-54-21)42-28(75)32(101-105(87,88)92-9-18-33(29(76)44(97-18)67-13-56-23-37(67)60-46(51)62-39(23)78)100-102(81,82)89-6-15-24(71)25(72)40(94-15)63-3-1-19(69)57-47(63)79)17(96-42)8-91-104(85,86)99-31-16(95-41(27(31)74)64-4-2-20(70)58-48(64)80)7-90-103(83,84)98-30-14(5-68)93-43(26(30)73)66-12-55-22-36(66)59-45(50)61-38(22)77/h1-4,10-18,24-33,40-44,68,71-76H,5-9H2,(H,81,82)(H,83,84)(H,85,86)(H,87,88)(H2,49,52,53)(H,57,69,79)(H,58,70,80)(H3,50,59,61,77)(H3,51,60,62,78)/t14-,15-,16-,17-,18-,24-,25-,26-,27-,28-,29-,30-,31-,32-,33-,40-,41-,42-,43-,44-/m1/s1. The fourth-order valence-corrected chi connectivity index (χ4v) is 15.8. The second-order valence-electron chi connectivity index (χ2n) is 23.5. The predicted octanol–water partition coefficient (Wildman–Crippen LogP) is -8.41. The van der Waals surface area contributed by atoms with Crippen molar-refractivity contribution in [2.75, 3.05) is 50.2 Å². The number of fused-ring (bicyclic) bond motifs is 3. The van der Waals surface area contributed by atoms with Crippen LogP contribution in [0.5, 0.6) is 0 Å². The van der Waals surface area contributed by atoms with Gasteiger partial charge < -0.3 is 96.2 Å². The molecule has 0 bridgehead atoms. The van der Waals surface area contributed by atoms with Crippen LogP contribution in [0.4, 0.5) is 17.7 Å². The molecule has 13 rings (SSSR count). The Balaban J connectivity index is 0.729. The Bertz CT molecular complexity index is 5190. The number of phosphoric ester groups is 4. The Morgan fingerprint density at radius 1 is 0.419 bits per heavy atom. The van der Waals surface area contributed by atoms with Gasteiger partial charge in [0.25, 0.3) is 22.2 Å². The monoisotopic (exact) mass is 1570 g/mol. The lowest BCUT2D eigenvalue weighted by molar-refractivity contribution is -0.0651. The van der Waals surface area contributed by atoms with Crippen LogP contribution in [0.1, 0.15) is 31.1 Å². The Kier molecular flexibility index (Phi) is 20.7. The highest BCUT2D eigenvalue weighted by molar-refractivity contribution is 7.48. The number of ether oxygens (including phenoxy) is 5. The van der Waals surface area contributed by atoms with E-state index in [0.717, 1.165) is 63.5 Å². The van der Waals surface area contributed by atoms with E-state index in [4.69, 9.17) is 77.1 Å². The van der Waals surface area contributed by atoms with E-state index in [2.05, 4.69) is 44.9 Å². The van der Waals surface area contributed by atoms with Crippen LogP contribution in [0, 0.1) is 0 Å². The summed E-state index contributed by atoms with van der Waals surface area (Å²) in [6, 6.07) is 1.67. The molecule has 13 heterocycles. The first-order valence-corrected chi connectivity index (χ1v) is 36.2. The zero-order valence-corrected chi connectivity index (χ0v) is 56.0. The number of anilines is 3. The van der Waals surface area contributed by atoms with Gasteiger partial charge in [0.1, 0.15) is 103 Å². The molecule has 24 atom stereocenters. The van der Waals surface area contributed by atoms with Crippen molar-refractivity contribution >= 4 is 82.5 Å². The summed E-state index contributed by atoms with van der Waals surface area (Å²) >= 11 is 0. The molecule has 5 aliphatic rings. The van der Waals surface area contributed by atoms with Crippen molar-refractivity contribution in [1.29, 1.82) is 0 Å². The predicted molar refractivity (Wildman–Crippen MR) is 333 cm³/mol. The number of hydrogen-bond donors (Lipinski definition) is 18. The number of nitrogens with two attached hydrogens (primary N) is 3. The van der Waals surface area contributed by atoms with Crippen LogP contribution in [0.15, 0.2) is 78.6 Å². The molecule has 8 aromatic rings. The van der Waals surface area contributed by atoms with Crippen LogP contribution >= 0.6 is 31.3 Å². The summed E-state index contributed by atoms with van der Waals surface area (Å²) in [5.41, 5.74) is 10.1. The number of aromatic amines is 4. The molecule has 4 unspecified atom stereocenters. The summed E-state index contributed by atoms with van der Waals surface area (Å²) in [5, 5.41) is 78.6. The average Bonchev–Trinajstić information content (AvgIpc) is 1.62. The van der Waals surface area contributed by atoms with Crippen molar-refractivity contribution in [3.05, 3.63) is 112 Å². The van der Waals surface area contributed by atoms with Gasteiger partial charge in [-0.15, -0.1) is 0 Å². The van der Waals surface area contributed by atoms with Gasteiger partial charge >= 0.3 is 42.7 Å². The summed E-state index contributed by atoms with van der Waals surface area (Å²) in [6.45, 7) is -6.14. The van der Waals surface area contributed by atoms with Crippen molar-refractivity contribution < 1.29 is 133 Å². The lowest BCUT2D eigenvalue weighted by Gasteiger charge is -2.27. The molecule has 0 aliphatic carbocycles. The number of imidazole rings is 3. The lowest BCUT2D eigenvalue weighted by atomic mass is 10.1. The number of nitrogens with zero attached hydrogens (tertiary/aromatic N) is 12. The average molecular weight is 1570 g/mol. The maximum absolute atomic E-state index is 14.3. The third-order valence-corrected chi connectivity index (χ3v) is 20.7. The van der Waals surface area contributed by atoms with Crippen molar-refractivity contribution in [1.82, 2.24) is 77.7 Å². The number of nitrogen functional groups attached to an aromatic ring is 3. The molecule has 0 spiro atoms. The maximum Gasteiger partial charge on any atom is 0.472 e. The minimum atomic E-state index is -5.89. The van der Waals surface area contributed by atoms with E-state index in [1.165, 1.54) is 0 Å². The van der Waals surface area contributed by atoms with Gasteiger partial charge in [-0.1, -0.05) is 0 Å². The molecule has 0 aromatic carbocycles. The Hall–Kier alpha value is -8.03. The van der Waals surface area contributed by atoms with Gasteiger partial charge in [0.2, 0.25) is 11.9 Å². The SMILES string of the molecule is Nc1nc2c(ncn2[C@@H]2O[C@H](CO)[C@@H](OP(=O)(O)OC[C@H]3O[C@@H](n4ccc(=O)[nH]c4=O)[C@H](O)[C@@H]3OP(=O)(O)OC[C@H]3O[C@@H](n4cnc5c(N)ncnc54)[C@H](O)[C@@H]3OP(=O)(O)OC[C@H]3O[C@@H](n4cnc5c(=O)[nH]c(N)nc54)[C@H](O)[C@@H]3OP(=O)(O)OC[C@H]3O[C@@H](n4ccc(=O)[nH]c4=O)[C@H](O)[C@@H]3O)[C@H]2O)c(=O)[nH]1. The molecular weight excluding hydrogens is 1510 g/mol. The fourth-order valence-electron chi connectivity index (χ4n) is 11.9. The van der Waals surface area contributed by atoms with Gasteiger partial charge in [0.05, 0.1) is 52.0 Å². The number of rotatable bonds is 26. The van der Waals surface area contributed by atoms with Gasteiger partial charge in [-0.25, -0.2) is 52.8 Å². The van der Waals surface area contributed by atoms with Gasteiger partial charge in [-0.2, -0.15) is 9.97 Å². The molecule has 53 nitrogen and oxygen atoms in total. The lowest BCUT2D eigenvalue weighted by Crippen LogP contribution is -2.39. The first-order chi connectivity index (χ1) is 49.6. The zero-order valence-electron chi connectivity index (χ0n) is 52.4. The van der Waals surface area contributed by atoms with Gasteiger partial charge in [0.15, 0.2) is 64.9 Å². The highest BCUT2D eigenvalue weighted by Gasteiger charge is 2.56. The molecule has 105 heavy (non-hydrogen) atoms. The molecule has 57 heteroatoms. The number of aliphatic hydroxyl groups excluding tert-OH is 7. The number of nitrogens with one attached hydrogen (secondary N) is 4. The number of hydrogen-bond acceptors (Lipinski definition) is 40. The van der Waals surface area contributed by atoms with Crippen LogP contribution in [-0.4, -0.2) is 258 Å². The highest BCUT2D eigenvalue weighted by Crippen LogP contribution is 2.55. The van der Waals surface area contributed by atoms with Crippen molar-refractivity contribution in [3.63, 3.8) is 0 Å². The molecule has 5 fully saturated rings. The van der Waals surface area contributed by atoms with E-state index in [-0.39, 0.29) is 39.7 Å². The Morgan fingerprint density at radius 2 is 0.752 bits per heavy atom. The smallest absolute Gasteiger partial charge is 0.394 e. The third kappa shape index (κ3) is 15.1. The molecule has 21 N–H and O–H groups in total. The Labute approximate surface area is 577 Å². The molecular formula is C48H59N19O34P4. The molecule has 5 aliphatic heterocycles. The van der Waals surface area contributed by atoms with Crippen molar-refractivity contribution in [2.24, 2.45) is 0 Å². The van der Waals surface area contributed by atoms with Crippen molar-refractivity contribution in [3.8, 4) is 0 Å². The van der Waals surface area contributed by atoms with Gasteiger partial charge in [0, 0.05) is 24.5 Å². The minimum Gasteiger partial charge on any atom is -0.394 e. The van der Waals surface area contributed by atoms with E-state index >= 15 is 0 Å². The maximum atomic E-state index is 14.3. The molecule has 0 radical (unpaired) electrons. The summed E-state index contributed by atoms with van der Waals surface area (Å²) in [4.78, 5) is 156. The summed E-state index contributed by atoms with van der Waals surface area (Å²) in [5.74, 6) is -1.06. The first kappa shape index (κ1) is 75.2. The third-order valence-electron chi connectivity index (χ3n) is 16.7. The van der Waals surface area contributed by atoms with Gasteiger partial charge in [-0.05, 0) is 0 Å². The number of phosphoric acid groups is 4. The molecule has 0 saturated carbocycles. The number of aliphatic hydroxyl groups is 7. The molecule has 570 valence electrons. The van der Waals surface area contributed by atoms with Crippen LogP contribution in [0.2, 0.25) is 0 Å². The van der Waals surface area contributed by atoms with Crippen molar-refractivity contribution in [2.45, 2.75) is 123 Å². The van der Waals surface area contributed by atoms with Crippen LogP contribution in [0.3, 0.4) is 0 Å². The minimum absolute atomic E-state index is 0.0902. The van der Waals surface area contributed by atoms with Gasteiger partial charge in [-0.3, -0.25) is 98.1 Å². The van der Waals surface area contributed by atoms with Crippen LogP contribution < -0.4 is 50.8 Å². The topological polar surface area (TPSA) is 769 Å². The largest absolute Gasteiger partial charge is 0.472 e. The van der Waals surface area contributed by atoms with E-state index in [9.17, 15) is 102 Å². The second kappa shape index (κ2) is 28.9. The number of aromatic nitrogens is 16. The summed E-state index contributed by atoms with van der Waals surface area (Å²) < 4.78 is 131. The number of H-pyrrole nitrogens is 4. The summed E-state index contributed by atoms with van der Waals surface area (Å²) in [7, 11) is -23.1. The zero-order chi connectivity index (χ0) is 75.3.